The first-order valence-corrected chi connectivity index (χ1v) is 10.3. The van der Waals surface area contributed by atoms with E-state index in [9.17, 15) is 29.4 Å². The van der Waals surface area contributed by atoms with Gasteiger partial charge in [-0.2, -0.15) is 0 Å². The number of rotatable bonds is 11. The highest BCUT2D eigenvalue weighted by molar-refractivity contribution is 6.09. The number of aliphatic hydroxyl groups is 2. The average Bonchev–Trinajstić information content (AvgIpc) is 2.71. The molecule has 0 saturated heterocycles. The number of ether oxygens (including phenoxy) is 2. The summed E-state index contributed by atoms with van der Waals surface area (Å²) in [5.41, 5.74) is 0.0184. The van der Waals surface area contributed by atoms with E-state index in [0.717, 1.165) is 6.42 Å². The van der Waals surface area contributed by atoms with Crippen molar-refractivity contribution in [2.75, 3.05) is 0 Å². The molecule has 0 fully saturated rings. The van der Waals surface area contributed by atoms with E-state index in [0.29, 0.717) is 31.2 Å². The molecule has 0 heterocycles. The summed E-state index contributed by atoms with van der Waals surface area (Å²) in [5, 5.41) is 19.4. The molecule has 0 amide bonds. The normalized spacial score (nSPS) is 12.7. The molecule has 0 saturated carbocycles. The Bertz CT molecular complexity index is 756. The maximum atomic E-state index is 12.7. The predicted molar refractivity (Wildman–Crippen MR) is 108 cm³/mol. The first-order chi connectivity index (χ1) is 14.3. The molecule has 0 aliphatic rings. The van der Waals surface area contributed by atoms with E-state index in [1.807, 2.05) is 6.92 Å². The maximum absolute atomic E-state index is 12.7. The van der Waals surface area contributed by atoms with Gasteiger partial charge in [0.05, 0.1) is 11.1 Å². The van der Waals surface area contributed by atoms with Crippen molar-refractivity contribution < 1.29 is 38.9 Å². The minimum Gasteiger partial charge on any atom is -0.387 e. The van der Waals surface area contributed by atoms with Crippen molar-refractivity contribution >= 4 is 23.9 Å². The number of benzene rings is 1. The zero-order valence-corrected chi connectivity index (χ0v) is 17.7. The quantitative estimate of drug-likeness (QED) is 0.412. The van der Waals surface area contributed by atoms with E-state index in [2.05, 4.69) is 0 Å². The van der Waals surface area contributed by atoms with Crippen molar-refractivity contribution in [3.8, 4) is 0 Å². The second kappa shape index (κ2) is 12.9. The molecule has 1 aromatic carbocycles. The fraction of sp³-hybridized carbons (Fsp3) is 0.545. The van der Waals surface area contributed by atoms with Crippen LogP contribution in [0.25, 0.3) is 0 Å². The minimum absolute atomic E-state index is 0.126. The number of carbonyl (C=O) groups is 4. The largest absolute Gasteiger partial charge is 0.387 e. The van der Waals surface area contributed by atoms with E-state index in [-0.39, 0.29) is 24.0 Å². The molecule has 0 aromatic heterocycles. The van der Waals surface area contributed by atoms with Crippen molar-refractivity contribution in [3.05, 3.63) is 34.9 Å². The molecular weight excluding hydrogens is 392 g/mol. The van der Waals surface area contributed by atoms with Crippen LogP contribution in [0.1, 0.15) is 85.6 Å². The molecule has 8 heteroatoms. The van der Waals surface area contributed by atoms with E-state index >= 15 is 0 Å². The third kappa shape index (κ3) is 7.35. The lowest BCUT2D eigenvalue weighted by molar-refractivity contribution is -0.148. The summed E-state index contributed by atoms with van der Waals surface area (Å²) in [4.78, 5) is 49.1. The molecule has 0 bridgehead atoms. The number of carbonyl (C=O) groups excluding carboxylic acids is 4. The van der Waals surface area contributed by atoms with Crippen LogP contribution in [0.4, 0.5) is 0 Å². The van der Waals surface area contributed by atoms with Crippen molar-refractivity contribution in [1.82, 2.24) is 0 Å². The first kappa shape index (κ1) is 25.5. The third-order valence-corrected chi connectivity index (χ3v) is 4.43. The van der Waals surface area contributed by atoms with E-state index in [4.69, 9.17) is 9.47 Å². The van der Waals surface area contributed by atoms with Crippen LogP contribution in [0.15, 0.2) is 18.2 Å². The lowest BCUT2D eigenvalue weighted by atomic mass is 9.97. The van der Waals surface area contributed by atoms with Gasteiger partial charge in [0.25, 0.3) is 0 Å². The van der Waals surface area contributed by atoms with Gasteiger partial charge in [0.15, 0.2) is 12.2 Å². The summed E-state index contributed by atoms with van der Waals surface area (Å²) < 4.78 is 9.51. The molecule has 2 atom stereocenters. The summed E-state index contributed by atoms with van der Waals surface area (Å²) in [7, 11) is 0. The van der Waals surface area contributed by atoms with Gasteiger partial charge in [-0.3, -0.25) is 0 Å². The van der Waals surface area contributed by atoms with Gasteiger partial charge in [-0.25, -0.2) is 19.2 Å². The predicted octanol–water partition coefficient (Wildman–Crippen LogP) is 2.72. The van der Waals surface area contributed by atoms with Crippen LogP contribution in [0.3, 0.4) is 0 Å². The Morgan fingerprint density at radius 2 is 1.37 bits per heavy atom. The van der Waals surface area contributed by atoms with E-state index < -0.39 is 36.1 Å². The molecule has 1 rings (SSSR count). The fourth-order valence-electron chi connectivity index (χ4n) is 2.79. The Labute approximate surface area is 176 Å². The van der Waals surface area contributed by atoms with E-state index in [1.54, 1.807) is 19.9 Å². The number of unbranched alkanes of at least 4 members (excludes halogenated alkanes) is 1. The van der Waals surface area contributed by atoms with Gasteiger partial charge < -0.3 is 19.7 Å². The molecule has 0 aliphatic heterocycles. The van der Waals surface area contributed by atoms with Crippen molar-refractivity contribution in [1.29, 1.82) is 0 Å². The number of esters is 4. The Morgan fingerprint density at radius 1 is 0.833 bits per heavy atom. The van der Waals surface area contributed by atoms with Crippen LogP contribution in [0.5, 0.6) is 0 Å². The molecule has 1 aromatic rings. The maximum Gasteiger partial charge on any atom is 0.347 e. The van der Waals surface area contributed by atoms with Crippen LogP contribution in [-0.4, -0.2) is 46.3 Å². The fourth-order valence-corrected chi connectivity index (χ4v) is 2.79. The highest BCUT2D eigenvalue weighted by atomic mass is 16.6. The zero-order valence-electron chi connectivity index (χ0n) is 17.7. The summed E-state index contributed by atoms with van der Waals surface area (Å²) in [6, 6.07) is 4.42. The molecule has 0 radical (unpaired) electrons. The molecule has 2 N–H and O–H groups in total. The summed E-state index contributed by atoms with van der Waals surface area (Å²) in [6.07, 6.45) is 0.322. The van der Waals surface area contributed by atoms with Gasteiger partial charge in [0.2, 0.25) is 0 Å². The summed E-state index contributed by atoms with van der Waals surface area (Å²) >= 11 is 0. The number of aliphatic hydroxyl groups excluding tert-OH is 2. The van der Waals surface area contributed by atoms with Gasteiger partial charge in [0, 0.05) is 0 Å². The van der Waals surface area contributed by atoms with Crippen molar-refractivity contribution in [2.24, 2.45) is 0 Å². The van der Waals surface area contributed by atoms with Gasteiger partial charge in [0.1, 0.15) is 0 Å². The molecule has 0 spiro atoms. The van der Waals surface area contributed by atoms with Gasteiger partial charge >= 0.3 is 23.9 Å². The van der Waals surface area contributed by atoms with Gasteiger partial charge in [-0.15, -0.1) is 0 Å². The van der Waals surface area contributed by atoms with Gasteiger partial charge in [-0.1, -0.05) is 52.2 Å². The monoisotopic (exact) mass is 422 g/mol. The second-order valence-electron chi connectivity index (χ2n) is 6.97. The Kier molecular flexibility index (Phi) is 10.9. The Hall–Kier alpha value is -2.58. The first-order valence-electron chi connectivity index (χ1n) is 10.3. The molecule has 8 nitrogen and oxygen atoms in total. The van der Waals surface area contributed by atoms with E-state index in [1.165, 1.54) is 12.1 Å². The van der Waals surface area contributed by atoms with Crippen LogP contribution in [-0.2, 0) is 25.5 Å². The van der Waals surface area contributed by atoms with Gasteiger partial charge in [-0.05, 0) is 37.3 Å². The number of hydrogen-bond acceptors (Lipinski definition) is 8. The molecule has 166 valence electrons. The molecule has 2 unspecified atom stereocenters. The van der Waals surface area contributed by atoms with Crippen molar-refractivity contribution in [2.45, 2.75) is 77.9 Å². The Balaban J connectivity index is 3.20. The average molecular weight is 422 g/mol. The molecule has 0 aliphatic carbocycles. The minimum atomic E-state index is -1.46. The standard InChI is InChI=1S/C22H30O8/c1-4-7-11-14-12-8-13-15(19(25)29-20(26)16(23)9-5-2)18(14)22(28)30-21(27)17(24)10-6-3/h8,12-13,16-17,23-24H,4-7,9-11H2,1-3H3. The number of hydrogen-bond donors (Lipinski definition) is 2. The third-order valence-electron chi connectivity index (χ3n) is 4.43. The zero-order chi connectivity index (χ0) is 22.7. The summed E-state index contributed by atoms with van der Waals surface area (Å²) in [6.45, 7) is 5.47. The molecular formula is C22H30O8. The lowest BCUT2D eigenvalue weighted by Gasteiger charge is -2.15. The van der Waals surface area contributed by atoms with Crippen LogP contribution in [0.2, 0.25) is 0 Å². The summed E-state index contributed by atoms with van der Waals surface area (Å²) in [5.74, 6) is -4.45. The topological polar surface area (TPSA) is 127 Å². The Morgan fingerprint density at radius 3 is 1.87 bits per heavy atom. The van der Waals surface area contributed by atoms with Crippen LogP contribution in [0, 0.1) is 0 Å². The smallest absolute Gasteiger partial charge is 0.347 e. The highest BCUT2D eigenvalue weighted by Gasteiger charge is 2.29. The lowest BCUT2D eigenvalue weighted by Crippen LogP contribution is -2.29. The second-order valence-corrected chi connectivity index (χ2v) is 6.97. The van der Waals surface area contributed by atoms with Crippen LogP contribution < -0.4 is 0 Å². The molecule has 30 heavy (non-hydrogen) atoms. The highest BCUT2D eigenvalue weighted by Crippen LogP contribution is 2.21. The SMILES string of the molecule is CCCCc1cccc(C(=O)OC(=O)C(O)CCC)c1C(=O)OC(=O)C(O)CCC. The van der Waals surface area contributed by atoms with Crippen LogP contribution >= 0.6 is 0 Å². The van der Waals surface area contributed by atoms with Crippen molar-refractivity contribution in [3.63, 3.8) is 0 Å². The number of aryl methyl sites for hydroxylation is 1.